The standard InChI is InChI=1S/C24H19N5.C8H14N2O/c1-2-6-18(7-3-1)23-22(20-11-10-17-8-4-9-19(17)16-20)27-24-21(12-14-26-29(23)24)28-15-5-13-25-28;1-2-8(11)10-5-3-7(9)4-6-10/h1-3,5-7,10-16H,4,8-9H2;2,7H,1,3-6,9H2. The molecule has 8 heteroatoms. The van der Waals surface area contributed by atoms with Gasteiger partial charge in [-0.1, -0.05) is 49.0 Å². The van der Waals surface area contributed by atoms with Crippen LogP contribution in [0, 0.1) is 0 Å². The van der Waals surface area contributed by atoms with E-state index in [4.69, 9.17) is 10.7 Å². The number of rotatable bonds is 4. The van der Waals surface area contributed by atoms with Crippen molar-refractivity contribution >= 4 is 11.6 Å². The van der Waals surface area contributed by atoms with E-state index in [0.29, 0.717) is 0 Å². The van der Waals surface area contributed by atoms with E-state index in [1.165, 1.54) is 30.0 Å². The third kappa shape index (κ3) is 5.05. The number of hydrogen-bond acceptors (Lipinski definition) is 5. The summed E-state index contributed by atoms with van der Waals surface area (Å²) in [6.07, 6.45) is 12.3. The second-order valence-corrected chi connectivity index (χ2v) is 10.3. The Balaban J connectivity index is 0.000000223. The molecule has 1 aliphatic heterocycles. The van der Waals surface area contributed by atoms with Gasteiger partial charge in [0.25, 0.3) is 0 Å². The highest BCUT2D eigenvalue weighted by Gasteiger charge is 2.21. The molecule has 1 saturated heterocycles. The number of piperidine rings is 1. The second kappa shape index (κ2) is 11.3. The van der Waals surface area contributed by atoms with Crippen LogP contribution < -0.4 is 5.73 Å². The Morgan fingerprint density at radius 2 is 1.73 bits per heavy atom. The van der Waals surface area contributed by atoms with Crippen LogP contribution in [0.2, 0.25) is 0 Å². The van der Waals surface area contributed by atoms with Gasteiger partial charge < -0.3 is 10.6 Å². The molecule has 8 nitrogen and oxygen atoms in total. The summed E-state index contributed by atoms with van der Waals surface area (Å²) in [6, 6.07) is 21.3. The molecule has 2 N–H and O–H groups in total. The van der Waals surface area contributed by atoms with Gasteiger partial charge in [-0.05, 0) is 67.5 Å². The maximum Gasteiger partial charge on any atom is 0.245 e. The smallest absolute Gasteiger partial charge is 0.245 e. The Kier molecular flexibility index (Phi) is 7.25. The monoisotopic (exact) mass is 531 g/mol. The van der Waals surface area contributed by atoms with E-state index in [2.05, 4.69) is 59.2 Å². The number of imidazole rings is 1. The molecule has 0 saturated carbocycles. The van der Waals surface area contributed by atoms with E-state index in [0.717, 1.165) is 66.2 Å². The minimum atomic E-state index is 0.0249. The Bertz CT molecular complexity index is 1630. The molecule has 1 amide bonds. The zero-order chi connectivity index (χ0) is 27.5. The van der Waals surface area contributed by atoms with Gasteiger partial charge in [-0.25, -0.2) is 14.2 Å². The molecule has 5 aromatic rings. The summed E-state index contributed by atoms with van der Waals surface area (Å²) in [5.41, 5.74) is 14.5. The van der Waals surface area contributed by atoms with Crippen molar-refractivity contribution in [3.05, 3.63) is 103 Å². The molecule has 0 spiro atoms. The van der Waals surface area contributed by atoms with Crippen LogP contribution in [-0.4, -0.2) is 54.3 Å². The molecule has 0 bridgehead atoms. The van der Waals surface area contributed by atoms with Crippen molar-refractivity contribution in [1.29, 1.82) is 0 Å². The van der Waals surface area contributed by atoms with Crippen LogP contribution >= 0.6 is 0 Å². The van der Waals surface area contributed by atoms with Gasteiger partial charge in [0.15, 0.2) is 5.65 Å². The first-order valence-electron chi connectivity index (χ1n) is 13.8. The SMILES string of the molecule is C=CC(=O)N1CCC(N)CC1.c1ccc(-c2c(-c3ccc4c(c3)CCC4)nc3c(-n4cccn4)ccnn23)cc1. The first kappa shape index (κ1) is 25.7. The zero-order valence-electron chi connectivity index (χ0n) is 22.5. The lowest BCUT2D eigenvalue weighted by Gasteiger charge is -2.29. The molecule has 1 fully saturated rings. The molecule has 3 aromatic heterocycles. The van der Waals surface area contributed by atoms with Crippen molar-refractivity contribution in [1.82, 2.24) is 29.3 Å². The Morgan fingerprint density at radius 1 is 0.925 bits per heavy atom. The van der Waals surface area contributed by atoms with Crippen molar-refractivity contribution in [2.45, 2.75) is 38.1 Å². The van der Waals surface area contributed by atoms with E-state index in [-0.39, 0.29) is 11.9 Å². The molecule has 0 unspecified atom stereocenters. The Hall–Kier alpha value is -4.56. The molecular weight excluding hydrogens is 498 g/mol. The molecule has 0 radical (unpaired) electrons. The van der Waals surface area contributed by atoms with Crippen LogP contribution in [0.1, 0.15) is 30.4 Å². The largest absolute Gasteiger partial charge is 0.339 e. The number of aryl methyl sites for hydroxylation is 2. The van der Waals surface area contributed by atoms with Crippen molar-refractivity contribution < 1.29 is 4.79 Å². The summed E-state index contributed by atoms with van der Waals surface area (Å²) in [5.74, 6) is 0.0249. The van der Waals surface area contributed by atoms with Gasteiger partial charge in [0.1, 0.15) is 11.4 Å². The summed E-state index contributed by atoms with van der Waals surface area (Å²) >= 11 is 0. The lowest BCUT2D eigenvalue weighted by Crippen LogP contribution is -2.42. The predicted octanol–water partition coefficient (Wildman–Crippen LogP) is 4.86. The van der Waals surface area contributed by atoms with E-state index in [9.17, 15) is 4.79 Å². The van der Waals surface area contributed by atoms with Gasteiger partial charge in [0, 0.05) is 42.7 Å². The Morgan fingerprint density at radius 3 is 2.48 bits per heavy atom. The van der Waals surface area contributed by atoms with Crippen LogP contribution in [0.4, 0.5) is 0 Å². The van der Waals surface area contributed by atoms with E-state index in [1.54, 1.807) is 11.1 Å². The second-order valence-electron chi connectivity index (χ2n) is 10.3. The van der Waals surface area contributed by atoms with Crippen LogP contribution in [0.3, 0.4) is 0 Å². The number of aromatic nitrogens is 5. The van der Waals surface area contributed by atoms with Crippen molar-refractivity contribution in [3.63, 3.8) is 0 Å². The number of carbonyl (C=O) groups excluding carboxylic acids is 1. The van der Waals surface area contributed by atoms with Gasteiger partial charge in [-0.2, -0.15) is 10.2 Å². The van der Waals surface area contributed by atoms with Gasteiger partial charge in [-0.15, -0.1) is 0 Å². The molecule has 2 aromatic carbocycles. The topological polar surface area (TPSA) is 94.3 Å². The predicted molar refractivity (Wildman–Crippen MR) is 157 cm³/mol. The average molecular weight is 532 g/mol. The third-order valence-electron chi connectivity index (χ3n) is 7.69. The van der Waals surface area contributed by atoms with Crippen LogP contribution in [0.5, 0.6) is 0 Å². The van der Waals surface area contributed by atoms with Gasteiger partial charge in [0.2, 0.25) is 5.91 Å². The summed E-state index contributed by atoms with van der Waals surface area (Å²) in [5, 5.41) is 9.06. The lowest BCUT2D eigenvalue weighted by molar-refractivity contribution is -0.126. The molecule has 40 heavy (non-hydrogen) atoms. The number of nitrogens with zero attached hydrogens (tertiary/aromatic N) is 6. The number of nitrogens with two attached hydrogens (primary N) is 1. The number of benzene rings is 2. The lowest BCUT2D eigenvalue weighted by atomic mass is 10.0. The van der Waals surface area contributed by atoms with Crippen LogP contribution in [0.25, 0.3) is 33.8 Å². The highest BCUT2D eigenvalue weighted by atomic mass is 16.2. The zero-order valence-corrected chi connectivity index (χ0v) is 22.5. The maximum absolute atomic E-state index is 11.0. The van der Waals surface area contributed by atoms with E-state index in [1.807, 2.05) is 39.8 Å². The van der Waals surface area contributed by atoms with Gasteiger partial charge >= 0.3 is 0 Å². The number of fused-ring (bicyclic) bond motifs is 2. The minimum Gasteiger partial charge on any atom is -0.339 e. The van der Waals surface area contributed by atoms with Crippen molar-refractivity contribution in [3.8, 4) is 28.2 Å². The summed E-state index contributed by atoms with van der Waals surface area (Å²) in [6.45, 7) is 5.00. The first-order valence-corrected chi connectivity index (χ1v) is 13.8. The normalized spacial score (nSPS) is 15.0. The Labute approximate surface area is 233 Å². The van der Waals surface area contributed by atoms with Gasteiger partial charge in [-0.3, -0.25) is 4.79 Å². The fraction of sp³-hybridized carbons (Fsp3) is 0.250. The highest BCUT2D eigenvalue weighted by Crippen LogP contribution is 2.35. The first-order chi connectivity index (χ1) is 19.6. The molecule has 7 rings (SSSR count). The molecule has 0 atom stereocenters. The molecular formula is C32H33N7O. The fourth-order valence-electron chi connectivity index (χ4n) is 5.55. The fourth-order valence-corrected chi connectivity index (χ4v) is 5.55. The summed E-state index contributed by atoms with van der Waals surface area (Å²) in [4.78, 5) is 17.9. The molecule has 4 heterocycles. The van der Waals surface area contributed by atoms with Crippen molar-refractivity contribution in [2.75, 3.05) is 13.1 Å². The van der Waals surface area contributed by atoms with Crippen LogP contribution in [-0.2, 0) is 17.6 Å². The highest BCUT2D eigenvalue weighted by molar-refractivity contribution is 5.87. The molecule has 202 valence electrons. The van der Waals surface area contributed by atoms with Gasteiger partial charge in [0.05, 0.1) is 11.9 Å². The summed E-state index contributed by atoms with van der Waals surface area (Å²) < 4.78 is 3.78. The number of amides is 1. The van der Waals surface area contributed by atoms with E-state index < -0.39 is 0 Å². The average Bonchev–Trinajstić information content (AvgIpc) is 3.77. The molecule has 1 aliphatic carbocycles. The number of hydrogen-bond donors (Lipinski definition) is 1. The van der Waals surface area contributed by atoms with Crippen molar-refractivity contribution in [2.24, 2.45) is 5.73 Å². The minimum absolute atomic E-state index is 0.0249. The molecule has 2 aliphatic rings. The third-order valence-corrected chi connectivity index (χ3v) is 7.69. The van der Waals surface area contributed by atoms with E-state index >= 15 is 0 Å². The number of likely N-dealkylation sites (tertiary alicyclic amines) is 1. The maximum atomic E-state index is 11.0. The van der Waals surface area contributed by atoms with Crippen LogP contribution in [0.15, 0.2) is 91.9 Å². The quantitative estimate of drug-likeness (QED) is 0.334. The number of carbonyl (C=O) groups is 1. The summed E-state index contributed by atoms with van der Waals surface area (Å²) in [7, 11) is 0.